The zero-order valence-corrected chi connectivity index (χ0v) is 12.6. The van der Waals surface area contributed by atoms with Crippen LogP contribution in [0.1, 0.15) is 30.5 Å². The molecule has 0 spiro atoms. The van der Waals surface area contributed by atoms with Crippen LogP contribution in [-0.4, -0.2) is 16.6 Å². The third-order valence-electron chi connectivity index (χ3n) is 3.85. The first-order chi connectivity index (χ1) is 10.7. The van der Waals surface area contributed by atoms with Gasteiger partial charge < -0.3 is 0 Å². The van der Waals surface area contributed by atoms with E-state index in [9.17, 15) is 4.79 Å². The Morgan fingerprint density at radius 2 is 1.73 bits per heavy atom. The van der Waals surface area contributed by atoms with Crippen molar-refractivity contribution in [3.8, 4) is 0 Å². The predicted molar refractivity (Wildman–Crippen MR) is 86.4 cm³/mol. The van der Waals surface area contributed by atoms with Crippen LogP contribution in [0.5, 0.6) is 0 Å². The molecule has 1 aliphatic rings. The van der Waals surface area contributed by atoms with Crippen LogP contribution < -0.4 is 0 Å². The maximum atomic E-state index is 11.9. The van der Waals surface area contributed by atoms with Crippen LogP contribution >= 0.6 is 0 Å². The maximum Gasteiger partial charge on any atom is 0.408 e. The molecule has 0 saturated carbocycles. The van der Waals surface area contributed by atoms with Crippen LogP contribution in [0.15, 0.2) is 71.9 Å². The van der Waals surface area contributed by atoms with Gasteiger partial charge >= 0.3 is 5.91 Å². The fourth-order valence-corrected chi connectivity index (χ4v) is 2.77. The number of azo groups is 2. The first-order valence-electron chi connectivity index (χ1n) is 7.53. The summed E-state index contributed by atoms with van der Waals surface area (Å²) in [5.74, 6) is -0.00976. The number of hydrogen-bond donors (Lipinski definition) is 0. The van der Waals surface area contributed by atoms with E-state index < -0.39 is 0 Å². The molecular formula is C19H19N2O+. The van der Waals surface area contributed by atoms with Crippen molar-refractivity contribution in [2.24, 2.45) is 5.11 Å². The van der Waals surface area contributed by atoms with Gasteiger partial charge in [-0.25, -0.2) is 4.79 Å². The van der Waals surface area contributed by atoms with Crippen LogP contribution in [0.2, 0.25) is 0 Å². The molecule has 2 aromatic carbocycles. The second-order valence-electron chi connectivity index (χ2n) is 5.48. The van der Waals surface area contributed by atoms with Gasteiger partial charge in [-0.05, 0) is 15.4 Å². The monoisotopic (exact) mass is 291 g/mol. The molecule has 0 radical (unpaired) electrons. The van der Waals surface area contributed by atoms with E-state index in [1.807, 2.05) is 36.4 Å². The second kappa shape index (κ2) is 6.48. The van der Waals surface area contributed by atoms with Gasteiger partial charge in [-0.1, -0.05) is 72.8 Å². The standard InChI is InChI=1S/C19H19N2O/c1-15(22)21-19(17-10-6-3-7-11-17)14-18(20-21)13-12-16-8-4-2-5-9-16/h2-13,18-19H,14H2,1H3/q+1/b13-12+/t18-,19-/m1/s1. The largest absolute Gasteiger partial charge is 0.408 e. The van der Waals surface area contributed by atoms with Crippen molar-refractivity contribution in [3.05, 3.63) is 77.9 Å². The molecule has 0 fully saturated rings. The Morgan fingerprint density at radius 1 is 1.09 bits per heavy atom. The van der Waals surface area contributed by atoms with Gasteiger partial charge in [0.2, 0.25) is 6.04 Å². The van der Waals surface area contributed by atoms with Crippen molar-refractivity contribution in [1.29, 1.82) is 0 Å². The smallest absolute Gasteiger partial charge is 0.217 e. The summed E-state index contributed by atoms with van der Waals surface area (Å²) in [7, 11) is 0. The summed E-state index contributed by atoms with van der Waals surface area (Å²) in [6.45, 7) is 1.57. The third-order valence-corrected chi connectivity index (χ3v) is 3.85. The highest BCUT2D eigenvalue weighted by atomic mass is 16.2. The zero-order valence-electron chi connectivity index (χ0n) is 12.6. The number of nitrogens with zero attached hydrogens (tertiary/aromatic N) is 2. The molecule has 110 valence electrons. The molecular weight excluding hydrogens is 272 g/mol. The maximum absolute atomic E-state index is 11.9. The Morgan fingerprint density at radius 3 is 2.36 bits per heavy atom. The summed E-state index contributed by atoms with van der Waals surface area (Å²) in [6, 6.07) is 20.3. The van der Waals surface area contributed by atoms with Crippen molar-refractivity contribution < 1.29 is 9.49 Å². The predicted octanol–water partition coefficient (Wildman–Crippen LogP) is 4.22. The van der Waals surface area contributed by atoms with E-state index >= 15 is 0 Å². The highest BCUT2D eigenvalue weighted by molar-refractivity contribution is 5.63. The molecule has 0 aromatic heterocycles. The van der Waals surface area contributed by atoms with Crippen molar-refractivity contribution >= 4 is 12.0 Å². The highest BCUT2D eigenvalue weighted by Gasteiger charge is 2.38. The summed E-state index contributed by atoms with van der Waals surface area (Å²) >= 11 is 0. The van der Waals surface area contributed by atoms with Crippen LogP contribution in [0, 0.1) is 0 Å². The SMILES string of the molecule is CC(=O)[N+]1=N[C@H](/C=C/c2ccccc2)C[C@@H]1c1ccccc1. The normalized spacial score (nSPS) is 21.0. The van der Waals surface area contributed by atoms with E-state index in [-0.39, 0.29) is 18.0 Å². The molecule has 1 aliphatic heterocycles. The lowest BCUT2D eigenvalue weighted by Gasteiger charge is -2.04. The highest BCUT2D eigenvalue weighted by Crippen LogP contribution is 2.30. The Labute approximate surface area is 130 Å². The molecule has 0 bridgehead atoms. The van der Waals surface area contributed by atoms with Crippen molar-refractivity contribution in [2.45, 2.75) is 25.4 Å². The topological polar surface area (TPSA) is 32.4 Å². The molecule has 1 amide bonds. The molecule has 22 heavy (non-hydrogen) atoms. The van der Waals surface area contributed by atoms with E-state index in [0.717, 1.165) is 17.5 Å². The third kappa shape index (κ3) is 3.19. The number of carbonyl (C=O) groups excluding carboxylic acids is 1. The van der Waals surface area contributed by atoms with Gasteiger partial charge in [0.25, 0.3) is 0 Å². The molecule has 2 aromatic rings. The first-order valence-corrected chi connectivity index (χ1v) is 7.53. The fraction of sp³-hybridized carbons (Fsp3) is 0.211. The Balaban J connectivity index is 1.81. The van der Waals surface area contributed by atoms with E-state index in [0.29, 0.717) is 0 Å². The number of hydrogen-bond acceptors (Lipinski definition) is 2. The van der Waals surface area contributed by atoms with Crippen molar-refractivity contribution in [3.63, 3.8) is 0 Å². The lowest BCUT2D eigenvalue weighted by atomic mass is 10.0. The Bertz CT molecular complexity index is 705. The van der Waals surface area contributed by atoms with Crippen LogP contribution in [0.25, 0.3) is 6.08 Å². The molecule has 3 nitrogen and oxygen atoms in total. The van der Waals surface area contributed by atoms with Crippen molar-refractivity contribution in [2.75, 3.05) is 0 Å². The average Bonchev–Trinajstić information content (AvgIpc) is 2.99. The van der Waals surface area contributed by atoms with E-state index in [2.05, 4.69) is 41.5 Å². The quantitative estimate of drug-likeness (QED) is 0.779. The minimum Gasteiger partial charge on any atom is -0.217 e. The molecule has 3 rings (SSSR count). The number of rotatable bonds is 3. The van der Waals surface area contributed by atoms with Gasteiger partial charge in [-0.3, -0.25) is 0 Å². The zero-order chi connectivity index (χ0) is 15.4. The average molecular weight is 291 g/mol. The van der Waals surface area contributed by atoms with Crippen LogP contribution in [0.4, 0.5) is 0 Å². The molecule has 2 atom stereocenters. The second-order valence-corrected chi connectivity index (χ2v) is 5.48. The van der Waals surface area contributed by atoms with Crippen molar-refractivity contribution in [1.82, 2.24) is 0 Å². The Hall–Kier alpha value is -2.55. The summed E-state index contributed by atoms with van der Waals surface area (Å²) < 4.78 is 1.62. The molecule has 3 heteroatoms. The van der Waals surface area contributed by atoms with Crippen LogP contribution in [-0.2, 0) is 4.79 Å². The van der Waals surface area contributed by atoms with Gasteiger partial charge in [0, 0.05) is 12.0 Å². The minimum absolute atomic E-state index is 0.00976. The lowest BCUT2D eigenvalue weighted by Crippen LogP contribution is -2.17. The number of amides is 1. The molecule has 0 saturated heterocycles. The summed E-state index contributed by atoms with van der Waals surface area (Å²) in [5, 5.41) is 4.56. The fourth-order valence-electron chi connectivity index (χ4n) is 2.77. The number of carbonyl (C=O) groups is 1. The minimum atomic E-state index is -0.00976. The molecule has 0 unspecified atom stereocenters. The lowest BCUT2D eigenvalue weighted by molar-refractivity contribution is -0.541. The van der Waals surface area contributed by atoms with Gasteiger partial charge in [0.15, 0.2) is 0 Å². The molecule has 0 aliphatic carbocycles. The van der Waals surface area contributed by atoms with E-state index in [1.165, 1.54) is 0 Å². The molecule has 0 N–H and O–H groups in total. The van der Waals surface area contributed by atoms with Gasteiger partial charge in [0.1, 0.15) is 6.04 Å². The number of benzene rings is 2. The Kier molecular flexibility index (Phi) is 4.24. The van der Waals surface area contributed by atoms with E-state index in [1.54, 1.807) is 11.6 Å². The van der Waals surface area contributed by atoms with Gasteiger partial charge in [-0.15, -0.1) is 0 Å². The summed E-state index contributed by atoms with van der Waals surface area (Å²) in [4.78, 5) is 11.9. The van der Waals surface area contributed by atoms with Gasteiger partial charge in [-0.2, -0.15) is 0 Å². The van der Waals surface area contributed by atoms with Gasteiger partial charge in [0.05, 0.1) is 6.92 Å². The van der Waals surface area contributed by atoms with E-state index in [4.69, 9.17) is 0 Å². The molecule has 1 heterocycles. The summed E-state index contributed by atoms with van der Waals surface area (Å²) in [6.07, 6.45) is 4.97. The van der Waals surface area contributed by atoms with Crippen LogP contribution in [0.3, 0.4) is 0 Å². The first kappa shape index (κ1) is 14.4. The summed E-state index contributed by atoms with van der Waals surface area (Å²) in [5.41, 5.74) is 2.28.